The summed E-state index contributed by atoms with van der Waals surface area (Å²) in [6.45, 7) is 0. The highest BCUT2D eigenvalue weighted by atomic mass is 32.2. The molecule has 4 aromatic carbocycles. The third kappa shape index (κ3) is 5.25. The first-order chi connectivity index (χ1) is 18.2. The van der Waals surface area contributed by atoms with Crippen LogP contribution < -0.4 is 4.18 Å². The van der Waals surface area contributed by atoms with Crippen LogP contribution in [0.15, 0.2) is 109 Å². The summed E-state index contributed by atoms with van der Waals surface area (Å²) < 4.78 is 68.1. The van der Waals surface area contributed by atoms with Crippen LogP contribution >= 0.6 is 0 Å². The maximum absolute atomic E-state index is 13.2. The van der Waals surface area contributed by atoms with Gasteiger partial charge in [0.25, 0.3) is 0 Å². The third-order valence-electron chi connectivity index (χ3n) is 5.51. The SMILES string of the molecule is O=S(=O)(Oc1cc(-c2nc(-c3ccccc3)nc(-c3ccccc3)n2)ccc1-c1ccccc1)C(F)(F)F. The first-order valence-corrected chi connectivity index (χ1v) is 12.7. The van der Waals surface area contributed by atoms with Crippen LogP contribution in [-0.2, 0) is 10.1 Å². The highest BCUT2D eigenvalue weighted by Gasteiger charge is 2.48. The average molecular weight is 534 g/mol. The minimum atomic E-state index is -5.94. The van der Waals surface area contributed by atoms with E-state index in [4.69, 9.17) is 0 Å². The van der Waals surface area contributed by atoms with E-state index in [1.165, 1.54) is 12.1 Å². The number of aromatic nitrogens is 3. The van der Waals surface area contributed by atoms with Gasteiger partial charge in [-0.25, -0.2) is 15.0 Å². The quantitative estimate of drug-likeness (QED) is 0.177. The fourth-order valence-corrected chi connectivity index (χ4v) is 4.16. The van der Waals surface area contributed by atoms with Gasteiger partial charge in [0.1, 0.15) is 0 Å². The van der Waals surface area contributed by atoms with Crippen molar-refractivity contribution in [1.29, 1.82) is 0 Å². The lowest BCUT2D eigenvalue weighted by atomic mass is 10.0. The van der Waals surface area contributed by atoms with Gasteiger partial charge in [-0.2, -0.15) is 21.6 Å². The Balaban J connectivity index is 1.69. The van der Waals surface area contributed by atoms with Crippen LogP contribution in [0.25, 0.3) is 45.3 Å². The van der Waals surface area contributed by atoms with Gasteiger partial charge in [-0.15, -0.1) is 0 Å². The Morgan fingerprint density at radius 2 is 0.974 bits per heavy atom. The summed E-state index contributed by atoms with van der Waals surface area (Å²) in [4.78, 5) is 13.7. The Bertz CT molecular complexity index is 1620. The minimum Gasteiger partial charge on any atom is -0.375 e. The predicted molar refractivity (Wildman–Crippen MR) is 137 cm³/mol. The van der Waals surface area contributed by atoms with Gasteiger partial charge >= 0.3 is 15.6 Å². The van der Waals surface area contributed by atoms with E-state index in [1.54, 1.807) is 36.4 Å². The van der Waals surface area contributed by atoms with Crippen molar-refractivity contribution in [3.63, 3.8) is 0 Å². The topological polar surface area (TPSA) is 82.0 Å². The van der Waals surface area contributed by atoms with Crippen LogP contribution in [-0.4, -0.2) is 28.9 Å². The molecule has 1 aromatic heterocycles. The highest BCUT2D eigenvalue weighted by molar-refractivity contribution is 7.88. The van der Waals surface area contributed by atoms with Gasteiger partial charge in [0, 0.05) is 22.3 Å². The summed E-state index contributed by atoms with van der Waals surface area (Å²) in [6, 6.07) is 30.8. The molecule has 38 heavy (non-hydrogen) atoms. The van der Waals surface area contributed by atoms with E-state index >= 15 is 0 Å². The molecule has 5 aromatic rings. The van der Waals surface area contributed by atoms with Crippen molar-refractivity contribution >= 4 is 10.1 Å². The molecule has 0 aliphatic rings. The number of nitrogens with zero attached hydrogens (tertiary/aromatic N) is 3. The highest BCUT2D eigenvalue weighted by Crippen LogP contribution is 2.37. The Labute approximate surface area is 216 Å². The second-order valence-corrected chi connectivity index (χ2v) is 9.64. The van der Waals surface area contributed by atoms with Crippen molar-refractivity contribution < 1.29 is 25.8 Å². The number of hydrogen-bond acceptors (Lipinski definition) is 6. The average Bonchev–Trinajstić information content (AvgIpc) is 2.93. The van der Waals surface area contributed by atoms with E-state index in [9.17, 15) is 21.6 Å². The van der Waals surface area contributed by atoms with Crippen molar-refractivity contribution in [2.24, 2.45) is 0 Å². The van der Waals surface area contributed by atoms with E-state index in [0.717, 1.165) is 0 Å². The molecule has 0 bridgehead atoms. The zero-order chi connectivity index (χ0) is 26.8. The largest absolute Gasteiger partial charge is 0.534 e. The Kier molecular flexibility index (Phi) is 6.64. The van der Waals surface area contributed by atoms with Crippen LogP contribution in [0.4, 0.5) is 13.2 Å². The molecule has 0 aliphatic heterocycles. The molecule has 6 nitrogen and oxygen atoms in total. The smallest absolute Gasteiger partial charge is 0.375 e. The summed E-state index contributed by atoms with van der Waals surface area (Å²) >= 11 is 0. The molecule has 0 saturated carbocycles. The molecule has 0 aliphatic carbocycles. The van der Waals surface area contributed by atoms with E-state index in [2.05, 4.69) is 19.1 Å². The molecular formula is C28H18F3N3O3S. The van der Waals surface area contributed by atoms with Crippen LogP contribution in [0.3, 0.4) is 0 Å². The zero-order valence-corrected chi connectivity index (χ0v) is 20.3. The summed E-state index contributed by atoms with van der Waals surface area (Å²) in [5.74, 6) is 0.305. The summed E-state index contributed by atoms with van der Waals surface area (Å²) in [5, 5.41) is 0. The van der Waals surface area contributed by atoms with Gasteiger partial charge in [-0.1, -0.05) is 97.1 Å². The molecule has 0 amide bonds. The van der Waals surface area contributed by atoms with Crippen LogP contribution in [0.2, 0.25) is 0 Å². The van der Waals surface area contributed by atoms with Gasteiger partial charge in [0.2, 0.25) is 0 Å². The standard InChI is InChI=1S/C28H18F3N3O3S/c29-28(30,31)38(35,36)37-24-18-22(16-17-23(24)19-10-4-1-5-11-19)27-33-25(20-12-6-2-7-13-20)32-26(34-27)21-14-8-3-9-15-21/h1-18H. The van der Waals surface area contributed by atoms with E-state index in [-0.39, 0.29) is 17.0 Å². The number of alkyl halides is 3. The molecule has 190 valence electrons. The predicted octanol–water partition coefficient (Wildman–Crippen LogP) is 6.77. The minimum absolute atomic E-state index is 0.131. The van der Waals surface area contributed by atoms with E-state index in [1.807, 2.05) is 60.7 Å². The monoisotopic (exact) mass is 533 g/mol. The summed E-state index contributed by atoms with van der Waals surface area (Å²) in [7, 11) is -5.94. The van der Waals surface area contributed by atoms with Gasteiger partial charge in [-0.05, 0) is 17.7 Å². The second kappa shape index (κ2) is 10.1. The number of hydrogen-bond donors (Lipinski definition) is 0. The zero-order valence-electron chi connectivity index (χ0n) is 19.5. The first kappa shape index (κ1) is 25.1. The molecule has 0 N–H and O–H groups in total. The Hall–Kier alpha value is -4.57. The third-order valence-corrected chi connectivity index (χ3v) is 6.47. The molecule has 1 heterocycles. The maximum Gasteiger partial charge on any atom is 0.534 e. The molecule has 0 atom stereocenters. The summed E-state index contributed by atoms with van der Waals surface area (Å²) in [6.07, 6.45) is 0. The van der Waals surface area contributed by atoms with Crippen molar-refractivity contribution in [2.45, 2.75) is 5.51 Å². The molecule has 0 radical (unpaired) electrons. The number of halogens is 3. The summed E-state index contributed by atoms with van der Waals surface area (Å²) in [5.41, 5.74) is -3.34. The first-order valence-electron chi connectivity index (χ1n) is 11.3. The van der Waals surface area contributed by atoms with Gasteiger partial charge in [-0.3, -0.25) is 0 Å². The molecule has 0 saturated heterocycles. The van der Waals surface area contributed by atoms with Gasteiger partial charge < -0.3 is 4.18 Å². The lowest BCUT2D eigenvalue weighted by Crippen LogP contribution is -2.28. The van der Waals surface area contributed by atoms with Gasteiger partial charge in [0.15, 0.2) is 23.2 Å². The Morgan fingerprint density at radius 3 is 1.42 bits per heavy atom. The molecule has 0 spiro atoms. The van der Waals surface area contributed by atoms with E-state index < -0.39 is 21.4 Å². The lowest BCUT2D eigenvalue weighted by molar-refractivity contribution is -0.0499. The maximum atomic E-state index is 13.2. The molecule has 0 fully saturated rings. The number of benzene rings is 4. The van der Waals surface area contributed by atoms with Crippen LogP contribution in [0.1, 0.15) is 0 Å². The van der Waals surface area contributed by atoms with Crippen molar-refractivity contribution in [2.75, 3.05) is 0 Å². The van der Waals surface area contributed by atoms with Gasteiger partial charge in [0.05, 0.1) is 0 Å². The molecule has 5 rings (SSSR count). The van der Waals surface area contributed by atoms with Crippen LogP contribution in [0.5, 0.6) is 5.75 Å². The van der Waals surface area contributed by atoms with Crippen molar-refractivity contribution in [3.05, 3.63) is 109 Å². The van der Waals surface area contributed by atoms with Crippen molar-refractivity contribution in [1.82, 2.24) is 15.0 Å². The van der Waals surface area contributed by atoms with Crippen LogP contribution in [0, 0.1) is 0 Å². The molecule has 10 heteroatoms. The normalized spacial score (nSPS) is 11.8. The molecular weight excluding hydrogens is 515 g/mol. The van der Waals surface area contributed by atoms with Crippen molar-refractivity contribution in [3.8, 4) is 51.0 Å². The molecule has 0 unspecified atom stereocenters. The number of rotatable bonds is 6. The second-order valence-electron chi connectivity index (χ2n) is 8.10. The fourth-order valence-electron chi connectivity index (χ4n) is 3.69. The lowest BCUT2D eigenvalue weighted by Gasteiger charge is -2.15. The fraction of sp³-hybridized carbons (Fsp3) is 0.0357. The van der Waals surface area contributed by atoms with E-state index in [0.29, 0.717) is 28.3 Å². The Morgan fingerprint density at radius 1 is 0.553 bits per heavy atom.